The predicted molar refractivity (Wildman–Crippen MR) is 130 cm³/mol. The van der Waals surface area contributed by atoms with Crippen LogP contribution in [0.3, 0.4) is 0 Å². The van der Waals surface area contributed by atoms with E-state index >= 15 is 0 Å². The number of aromatic amines is 1. The molecule has 7 nitrogen and oxygen atoms in total. The molecule has 34 heavy (non-hydrogen) atoms. The molecule has 0 aliphatic carbocycles. The Kier molecular flexibility index (Phi) is 5.45. The Morgan fingerprint density at radius 1 is 0.941 bits per heavy atom. The summed E-state index contributed by atoms with van der Waals surface area (Å²) >= 11 is 0. The number of H-pyrrole nitrogens is 1. The fraction of sp³-hybridized carbons (Fsp3) is 0.185. The van der Waals surface area contributed by atoms with Crippen LogP contribution in [0.15, 0.2) is 72.9 Å². The van der Waals surface area contributed by atoms with E-state index < -0.39 is 12.0 Å². The number of amides is 2. The van der Waals surface area contributed by atoms with Gasteiger partial charge in [0, 0.05) is 47.0 Å². The molecular formula is C27H25N3O4. The normalized spacial score (nSPS) is 17.4. The zero-order chi connectivity index (χ0) is 23.8. The second-order valence-corrected chi connectivity index (χ2v) is 8.27. The van der Waals surface area contributed by atoms with Crippen LogP contribution in [0.5, 0.6) is 11.5 Å². The fourth-order valence-corrected chi connectivity index (χ4v) is 4.82. The highest BCUT2D eigenvalue weighted by atomic mass is 16.5. The summed E-state index contributed by atoms with van der Waals surface area (Å²) in [5, 5.41) is 4.01. The van der Waals surface area contributed by atoms with Gasteiger partial charge in [-0.15, -0.1) is 0 Å². The molecule has 1 aromatic heterocycles. The highest BCUT2D eigenvalue weighted by molar-refractivity contribution is 6.05. The number of likely N-dealkylation sites (N-methyl/N-ethyl adjacent to an activating group) is 1. The van der Waals surface area contributed by atoms with E-state index in [1.807, 2.05) is 48.7 Å². The van der Waals surface area contributed by atoms with Gasteiger partial charge in [0.05, 0.1) is 26.2 Å². The summed E-state index contributed by atoms with van der Waals surface area (Å²) in [5.41, 5.74) is 3.68. The second-order valence-electron chi connectivity index (χ2n) is 8.27. The highest BCUT2D eigenvalue weighted by Crippen LogP contribution is 2.44. The molecule has 0 radical (unpaired) electrons. The SMILES string of the molecule is COc1ccc(NC(=O)[C@H]2c3ccccc3C(=O)N(C)[C@H]2c2c[nH]c3ccccc23)cc1OC. The lowest BCUT2D eigenvalue weighted by Crippen LogP contribution is -2.44. The highest BCUT2D eigenvalue weighted by Gasteiger charge is 2.43. The summed E-state index contributed by atoms with van der Waals surface area (Å²) in [6.07, 6.45) is 1.89. The molecule has 5 rings (SSSR count). The molecule has 0 saturated carbocycles. The number of ether oxygens (including phenoxy) is 2. The number of anilines is 1. The first-order valence-electron chi connectivity index (χ1n) is 11.0. The molecule has 0 bridgehead atoms. The van der Waals surface area contributed by atoms with Crippen molar-refractivity contribution in [3.8, 4) is 11.5 Å². The maximum Gasteiger partial charge on any atom is 0.254 e. The van der Waals surface area contributed by atoms with Crippen molar-refractivity contribution in [2.24, 2.45) is 0 Å². The minimum Gasteiger partial charge on any atom is -0.493 e. The Balaban J connectivity index is 1.61. The van der Waals surface area contributed by atoms with Crippen molar-refractivity contribution in [2.45, 2.75) is 12.0 Å². The van der Waals surface area contributed by atoms with Crippen molar-refractivity contribution in [3.05, 3.63) is 89.6 Å². The molecule has 2 N–H and O–H groups in total. The number of hydrogen-bond donors (Lipinski definition) is 2. The average Bonchev–Trinajstić information content (AvgIpc) is 3.29. The van der Waals surface area contributed by atoms with Crippen molar-refractivity contribution < 1.29 is 19.1 Å². The van der Waals surface area contributed by atoms with Gasteiger partial charge in [-0.05, 0) is 29.8 Å². The number of rotatable bonds is 5. The van der Waals surface area contributed by atoms with E-state index in [0.29, 0.717) is 28.3 Å². The van der Waals surface area contributed by atoms with Crippen LogP contribution in [0.2, 0.25) is 0 Å². The summed E-state index contributed by atoms with van der Waals surface area (Å²) in [7, 11) is 4.86. The van der Waals surface area contributed by atoms with Crippen LogP contribution in [-0.4, -0.2) is 43.0 Å². The summed E-state index contributed by atoms with van der Waals surface area (Å²) in [4.78, 5) is 32.1. The van der Waals surface area contributed by atoms with E-state index in [-0.39, 0.29) is 11.8 Å². The van der Waals surface area contributed by atoms with Gasteiger partial charge >= 0.3 is 0 Å². The van der Waals surface area contributed by atoms with Crippen molar-refractivity contribution in [1.82, 2.24) is 9.88 Å². The molecule has 3 aromatic carbocycles. The van der Waals surface area contributed by atoms with Crippen molar-refractivity contribution in [3.63, 3.8) is 0 Å². The smallest absolute Gasteiger partial charge is 0.254 e. The third-order valence-corrected chi connectivity index (χ3v) is 6.45. The molecule has 0 spiro atoms. The maximum atomic E-state index is 13.8. The number of fused-ring (bicyclic) bond motifs is 2. The number of methoxy groups -OCH3 is 2. The molecule has 2 heterocycles. The molecular weight excluding hydrogens is 430 g/mol. The zero-order valence-corrected chi connectivity index (χ0v) is 19.2. The second kappa shape index (κ2) is 8.59. The van der Waals surface area contributed by atoms with Crippen LogP contribution in [0.1, 0.15) is 33.4 Å². The van der Waals surface area contributed by atoms with E-state index in [0.717, 1.165) is 16.5 Å². The van der Waals surface area contributed by atoms with Crippen LogP contribution in [0.4, 0.5) is 5.69 Å². The molecule has 172 valence electrons. The largest absolute Gasteiger partial charge is 0.493 e. The van der Waals surface area contributed by atoms with E-state index in [1.54, 1.807) is 50.4 Å². The number of carbonyl (C=O) groups is 2. The minimum absolute atomic E-state index is 0.110. The van der Waals surface area contributed by atoms with Gasteiger partial charge < -0.3 is 24.7 Å². The number of nitrogens with one attached hydrogen (secondary N) is 2. The molecule has 0 saturated heterocycles. The minimum atomic E-state index is -0.619. The number of carbonyl (C=O) groups excluding carboxylic acids is 2. The predicted octanol–water partition coefficient (Wildman–Crippen LogP) is 4.73. The Hall–Kier alpha value is -4.26. The Labute approximate surface area is 197 Å². The lowest BCUT2D eigenvalue weighted by molar-refractivity contribution is -0.119. The van der Waals surface area contributed by atoms with Crippen LogP contribution < -0.4 is 14.8 Å². The maximum absolute atomic E-state index is 13.8. The first kappa shape index (κ1) is 21.6. The summed E-state index contributed by atoms with van der Waals surface area (Å²) in [5.74, 6) is 0.150. The fourth-order valence-electron chi connectivity index (χ4n) is 4.82. The first-order valence-corrected chi connectivity index (χ1v) is 11.0. The van der Waals surface area contributed by atoms with Crippen LogP contribution in [-0.2, 0) is 4.79 Å². The Morgan fingerprint density at radius 2 is 1.68 bits per heavy atom. The molecule has 1 aliphatic rings. The van der Waals surface area contributed by atoms with Crippen LogP contribution >= 0.6 is 0 Å². The third kappa shape index (κ3) is 3.46. The van der Waals surface area contributed by atoms with Gasteiger partial charge in [0.2, 0.25) is 5.91 Å². The van der Waals surface area contributed by atoms with Gasteiger partial charge in [-0.1, -0.05) is 36.4 Å². The lowest BCUT2D eigenvalue weighted by atomic mass is 9.79. The van der Waals surface area contributed by atoms with Crippen LogP contribution in [0, 0.1) is 0 Å². The lowest BCUT2D eigenvalue weighted by Gasteiger charge is -2.39. The van der Waals surface area contributed by atoms with Crippen molar-refractivity contribution in [1.29, 1.82) is 0 Å². The topological polar surface area (TPSA) is 83.7 Å². The van der Waals surface area contributed by atoms with E-state index in [1.165, 1.54) is 0 Å². The Morgan fingerprint density at radius 3 is 2.47 bits per heavy atom. The number of nitrogens with zero attached hydrogens (tertiary/aromatic N) is 1. The van der Waals surface area contributed by atoms with Crippen molar-refractivity contribution >= 4 is 28.4 Å². The molecule has 7 heteroatoms. The third-order valence-electron chi connectivity index (χ3n) is 6.45. The van der Waals surface area contributed by atoms with E-state index in [2.05, 4.69) is 10.3 Å². The van der Waals surface area contributed by atoms with E-state index in [9.17, 15) is 9.59 Å². The van der Waals surface area contributed by atoms with Gasteiger partial charge in [-0.25, -0.2) is 0 Å². The standard InChI is InChI=1S/C27H25N3O4/c1-30-25(20-15-28-21-11-7-6-8-17(20)21)24(18-9-4-5-10-19(18)27(30)32)26(31)29-16-12-13-22(33-2)23(14-16)34-3/h4-15,24-25,28H,1-3H3,(H,29,31)/t24-,25-/m0/s1. The van der Waals surface area contributed by atoms with Gasteiger partial charge in [-0.3, -0.25) is 9.59 Å². The number of para-hydroxylation sites is 1. The van der Waals surface area contributed by atoms with Gasteiger partial charge in [0.25, 0.3) is 5.91 Å². The number of hydrogen-bond acceptors (Lipinski definition) is 4. The van der Waals surface area contributed by atoms with Crippen LogP contribution in [0.25, 0.3) is 10.9 Å². The zero-order valence-electron chi connectivity index (χ0n) is 19.2. The molecule has 2 atom stereocenters. The molecule has 0 unspecified atom stereocenters. The molecule has 0 fully saturated rings. The van der Waals surface area contributed by atoms with Gasteiger partial charge in [0.15, 0.2) is 11.5 Å². The monoisotopic (exact) mass is 455 g/mol. The van der Waals surface area contributed by atoms with Gasteiger partial charge in [-0.2, -0.15) is 0 Å². The van der Waals surface area contributed by atoms with E-state index in [4.69, 9.17) is 9.47 Å². The summed E-state index contributed by atoms with van der Waals surface area (Å²) in [6.45, 7) is 0. The Bertz CT molecular complexity index is 1390. The van der Waals surface area contributed by atoms with Crippen molar-refractivity contribution in [2.75, 3.05) is 26.6 Å². The molecule has 1 aliphatic heterocycles. The first-order chi connectivity index (χ1) is 16.5. The van der Waals surface area contributed by atoms with Gasteiger partial charge in [0.1, 0.15) is 0 Å². The quantitative estimate of drug-likeness (QED) is 0.456. The molecule has 4 aromatic rings. The average molecular weight is 456 g/mol. The molecule has 2 amide bonds. The number of benzene rings is 3. The summed E-state index contributed by atoms with van der Waals surface area (Å²) in [6, 6.07) is 20.0. The number of aromatic nitrogens is 1. The summed E-state index contributed by atoms with van der Waals surface area (Å²) < 4.78 is 10.7.